The van der Waals surface area contributed by atoms with Crippen LogP contribution in [-0.2, 0) is 19.4 Å². The van der Waals surface area contributed by atoms with E-state index in [4.69, 9.17) is 11.6 Å². The SMILES string of the molecule is CSCCC(NC(C)=O)C(=O)N1CCC(c2ccccc2Cl)S(=O)(=O)CC1. The quantitative estimate of drug-likeness (QED) is 0.745. The van der Waals surface area contributed by atoms with Gasteiger partial charge in [0.2, 0.25) is 11.8 Å². The van der Waals surface area contributed by atoms with Crippen molar-refractivity contribution >= 4 is 45.0 Å². The van der Waals surface area contributed by atoms with E-state index in [9.17, 15) is 18.0 Å². The van der Waals surface area contributed by atoms with Crippen LogP contribution in [0.15, 0.2) is 24.3 Å². The zero-order chi connectivity index (χ0) is 20.0. The fraction of sp³-hybridized carbons (Fsp3) is 0.556. The van der Waals surface area contributed by atoms with Crippen LogP contribution in [-0.4, -0.2) is 62.0 Å². The summed E-state index contributed by atoms with van der Waals surface area (Å²) in [6.45, 7) is 1.81. The molecule has 1 heterocycles. The highest BCUT2D eigenvalue weighted by Gasteiger charge is 2.35. The molecule has 27 heavy (non-hydrogen) atoms. The molecule has 0 spiro atoms. The van der Waals surface area contributed by atoms with Crippen molar-refractivity contribution < 1.29 is 18.0 Å². The normalized spacial score (nSPS) is 20.6. The number of hydrogen-bond donors (Lipinski definition) is 1. The van der Waals surface area contributed by atoms with Gasteiger partial charge in [0.05, 0.1) is 11.0 Å². The molecule has 0 aliphatic carbocycles. The van der Waals surface area contributed by atoms with Gasteiger partial charge in [-0.3, -0.25) is 9.59 Å². The molecule has 150 valence electrons. The Labute approximate surface area is 169 Å². The fourth-order valence-electron chi connectivity index (χ4n) is 3.21. The molecule has 1 fully saturated rings. The van der Waals surface area contributed by atoms with E-state index < -0.39 is 21.1 Å². The number of carbonyl (C=O) groups is 2. The molecule has 1 aliphatic rings. The van der Waals surface area contributed by atoms with Gasteiger partial charge in [-0.1, -0.05) is 29.8 Å². The van der Waals surface area contributed by atoms with E-state index in [-0.39, 0.29) is 30.5 Å². The summed E-state index contributed by atoms with van der Waals surface area (Å²) >= 11 is 7.80. The lowest BCUT2D eigenvalue weighted by Gasteiger charge is -2.26. The van der Waals surface area contributed by atoms with Crippen molar-refractivity contribution in [2.24, 2.45) is 0 Å². The largest absolute Gasteiger partial charge is 0.345 e. The third kappa shape index (κ3) is 5.86. The maximum Gasteiger partial charge on any atom is 0.245 e. The van der Waals surface area contributed by atoms with Crippen LogP contribution in [0.3, 0.4) is 0 Å². The van der Waals surface area contributed by atoms with Crippen LogP contribution < -0.4 is 5.32 Å². The van der Waals surface area contributed by atoms with Gasteiger partial charge in [0.15, 0.2) is 9.84 Å². The van der Waals surface area contributed by atoms with Crippen LogP contribution in [0.1, 0.15) is 30.6 Å². The smallest absolute Gasteiger partial charge is 0.245 e. The Morgan fingerprint density at radius 2 is 2.04 bits per heavy atom. The summed E-state index contributed by atoms with van der Waals surface area (Å²) in [4.78, 5) is 25.9. The van der Waals surface area contributed by atoms with Crippen molar-refractivity contribution in [2.75, 3.05) is 30.9 Å². The van der Waals surface area contributed by atoms with Crippen LogP contribution in [0.25, 0.3) is 0 Å². The van der Waals surface area contributed by atoms with Crippen LogP contribution >= 0.6 is 23.4 Å². The summed E-state index contributed by atoms with van der Waals surface area (Å²) in [6, 6.07) is 6.29. The van der Waals surface area contributed by atoms with E-state index in [1.807, 2.05) is 6.26 Å². The number of halogens is 1. The Hall–Kier alpha value is -1.25. The van der Waals surface area contributed by atoms with Crippen molar-refractivity contribution in [1.29, 1.82) is 0 Å². The minimum atomic E-state index is -3.44. The lowest BCUT2D eigenvalue weighted by Crippen LogP contribution is -2.49. The zero-order valence-electron chi connectivity index (χ0n) is 15.5. The van der Waals surface area contributed by atoms with E-state index in [1.54, 1.807) is 40.9 Å². The molecule has 1 saturated heterocycles. The first kappa shape index (κ1) is 22.0. The Bertz CT molecular complexity index is 785. The van der Waals surface area contributed by atoms with E-state index in [0.29, 0.717) is 23.6 Å². The van der Waals surface area contributed by atoms with Crippen LogP contribution in [0, 0.1) is 0 Å². The number of carbonyl (C=O) groups excluding carboxylic acids is 2. The number of benzene rings is 1. The van der Waals surface area contributed by atoms with Crippen molar-refractivity contribution in [2.45, 2.75) is 31.1 Å². The molecule has 2 rings (SSSR count). The van der Waals surface area contributed by atoms with Gasteiger partial charge in [0, 0.05) is 25.0 Å². The van der Waals surface area contributed by atoms with Crippen molar-refractivity contribution in [1.82, 2.24) is 10.2 Å². The molecule has 2 unspecified atom stereocenters. The molecule has 1 aliphatic heterocycles. The number of rotatable bonds is 6. The van der Waals surface area contributed by atoms with E-state index in [1.165, 1.54) is 6.92 Å². The first-order valence-electron chi connectivity index (χ1n) is 8.77. The molecule has 0 aromatic heterocycles. The first-order valence-corrected chi connectivity index (χ1v) is 12.3. The standard InChI is InChI=1S/C18H25ClN2O4S2/c1-13(22)20-16(8-11-26-2)18(23)21-9-7-17(27(24,25)12-10-21)14-5-3-4-6-15(14)19/h3-6,16-17H,7-12H2,1-2H3,(H,20,22). The van der Waals surface area contributed by atoms with Gasteiger partial charge in [-0.2, -0.15) is 11.8 Å². The Balaban J connectivity index is 2.19. The summed E-state index contributed by atoms with van der Waals surface area (Å²) in [5.41, 5.74) is 0.578. The second-order valence-corrected chi connectivity index (χ2v) is 10.2. The molecule has 2 atom stereocenters. The zero-order valence-corrected chi connectivity index (χ0v) is 17.9. The molecular formula is C18H25ClN2O4S2. The predicted octanol–water partition coefficient (Wildman–Crippen LogP) is 2.29. The lowest BCUT2D eigenvalue weighted by molar-refractivity contribution is -0.135. The molecule has 1 aromatic rings. The first-order chi connectivity index (χ1) is 12.8. The van der Waals surface area contributed by atoms with Crippen LogP contribution in [0.2, 0.25) is 5.02 Å². The molecule has 1 N–H and O–H groups in total. The summed E-state index contributed by atoms with van der Waals surface area (Å²) in [6.07, 6.45) is 2.73. The maximum absolute atomic E-state index is 12.9. The van der Waals surface area contributed by atoms with Gasteiger partial charge in [-0.25, -0.2) is 8.42 Å². The van der Waals surface area contributed by atoms with E-state index >= 15 is 0 Å². The molecule has 2 amide bonds. The van der Waals surface area contributed by atoms with Crippen molar-refractivity contribution in [3.8, 4) is 0 Å². The lowest BCUT2D eigenvalue weighted by atomic mass is 10.1. The average Bonchev–Trinajstić information content (AvgIpc) is 2.76. The van der Waals surface area contributed by atoms with Gasteiger partial charge in [0.1, 0.15) is 6.04 Å². The highest BCUT2D eigenvalue weighted by molar-refractivity contribution is 7.98. The Morgan fingerprint density at radius 1 is 1.33 bits per heavy atom. The fourth-order valence-corrected chi connectivity index (χ4v) is 5.83. The number of sulfone groups is 1. The Morgan fingerprint density at radius 3 is 2.67 bits per heavy atom. The third-order valence-electron chi connectivity index (χ3n) is 4.59. The third-order valence-corrected chi connectivity index (χ3v) is 7.69. The predicted molar refractivity (Wildman–Crippen MR) is 110 cm³/mol. The molecule has 0 bridgehead atoms. The number of nitrogens with one attached hydrogen (secondary N) is 1. The summed E-state index contributed by atoms with van der Waals surface area (Å²) in [5.74, 6) is 0.106. The topological polar surface area (TPSA) is 83.6 Å². The highest BCUT2D eigenvalue weighted by Crippen LogP contribution is 2.34. The van der Waals surface area contributed by atoms with Gasteiger partial charge >= 0.3 is 0 Å². The minimum absolute atomic E-state index is 0.121. The number of nitrogens with zero attached hydrogens (tertiary/aromatic N) is 1. The number of thioether (sulfide) groups is 1. The molecule has 6 nitrogen and oxygen atoms in total. The van der Waals surface area contributed by atoms with Crippen molar-refractivity contribution in [3.63, 3.8) is 0 Å². The highest BCUT2D eigenvalue weighted by atomic mass is 35.5. The second kappa shape index (κ2) is 9.80. The molecule has 0 radical (unpaired) electrons. The molecule has 1 aromatic carbocycles. The molecule has 0 saturated carbocycles. The maximum atomic E-state index is 12.9. The van der Waals surface area contributed by atoms with E-state index in [0.717, 1.165) is 5.75 Å². The Kier molecular flexibility index (Phi) is 8.00. The number of amides is 2. The van der Waals surface area contributed by atoms with Gasteiger partial charge < -0.3 is 10.2 Å². The minimum Gasteiger partial charge on any atom is -0.345 e. The number of hydrogen-bond acceptors (Lipinski definition) is 5. The summed E-state index contributed by atoms with van der Waals surface area (Å²) in [7, 11) is -3.44. The van der Waals surface area contributed by atoms with Gasteiger partial charge in [-0.15, -0.1) is 0 Å². The van der Waals surface area contributed by atoms with Gasteiger partial charge in [0.25, 0.3) is 0 Å². The van der Waals surface area contributed by atoms with Crippen LogP contribution in [0.4, 0.5) is 0 Å². The summed E-state index contributed by atoms with van der Waals surface area (Å²) < 4.78 is 25.5. The van der Waals surface area contributed by atoms with Crippen molar-refractivity contribution in [3.05, 3.63) is 34.9 Å². The average molecular weight is 433 g/mol. The van der Waals surface area contributed by atoms with Crippen LogP contribution in [0.5, 0.6) is 0 Å². The molecule has 9 heteroatoms. The second-order valence-electron chi connectivity index (χ2n) is 6.53. The van der Waals surface area contributed by atoms with Gasteiger partial charge in [-0.05, 0) is 36.5 Å². The summed E-state index contributed by atoms with van der Waals surface area (Å²) in [5, 5.41) is 2.38. The molecular weight excluding hydrogens is 408 g/mol. The van der Waals surface area contributed by atoms with E-state index in [2.05, 4.69) is 5.32 Å². The monoisotopic (exact) mass is 432 g/mol.